The fourth-order valence-corrected chi connectivity index (χ4v) is 2.57. The lowest BCUT2D eigenvalue weighted by Gasteiger charge is -2.37. The van der Waals surface area contributed by atoms with Gasteiger partial charge < -0.3 is 29.4 Å². The Hall–Kier alpha value is -1.95. The molecule has 1 aliphatic rings. The quantitative estimate of drug-likeness (QED) is 0.855. The highest BCUT2D eigenvalue weighted by Gasteiger charge is 2.29. The SMILES string of the molecule is COc1ccc(C2CCN(C(=O)[O-])CC2O)cc1OC. The zero-order valence-corrected chi connectivity index (χ0v) is 11.5. The number of amides is 1. The number of nitrogens with zero attached hydrogens (tertiary/aromatic N) is 1. The molecule has 1 fully saturated rings. The molecule has 1 aromatic rings. The molecule has 1 saturated heterocycles. The standard InChI is InChI=1S/C14H19NO5/c1-19-12-4-3-9(7-13(12)20-2)10-5-6-15(14(17)18)8-11(10)16/h3-4,7,10-11,16H,5-6,8H2,1-2H3,(H,17,18)/p-1. The first kappa shape index (κ1) is 14.5. The molecule has 0 saturated carbocycles. The lowest BCUT2D eigenvalue weighted by atomic mass is 9.87. The Morgan fingerprint density at radius 2 is 2.05 bits per heavy atom. The van der Waals surface area contributed by atoms with E-state index in [4.69, 9.17) is 9.47 Å². The van der Waals surface area contributed by atoms with E-state index in [9.17, 15) is 15.0 Å². The number of likely N-dealkylation sites (tertiary alicyclic amines) is 1. The third kappa shape index (κ3) is 2.80. The molecule has 6 heteroatoms. The number of piperidine rings is 1. The van der Waals surface area contributed by atoms with Gasteiger partial charge in [0.15, 0.2) is 11.5 Å². The summed E-state index contributed by atoms with van der Waals surface area (Å²) < 4.78 is 10.4. The summed E-state index contributed by atoms with van der Waals surface area (Å²) in [5, 5.41) is 20.9. The molecular weight excluding hydrogens is 262 g/mol. The molecule has 110 valence electrons. The molecule has 6 nitrogen and oxygen atoms in total. The van der Waals surface area contributed by atoms with Crippen LogP contribution in [0.4, 0.5) is 4.79 Å². The van der Waals surface area contributed by atoms with Crippen molar-refractivity contribution in [2.75, 3.05) is 27.3 Å². The molecule has 0 spiro atoms. The van der Waals surface area contributed by atoms with Crippen molar-refractivity contribution >= 4 is 6.09 Å². The minimum atomic E-state index is -1.24. The smallest absolute Gasteiger partial charge is 0.160 e. The minimum absolute atomic E-state index is 0.0708. The second-order valence-corrected chi connectivity index (χ2v) is 4.79. The van der Waals surface area contributed by atoms with Crippen LogP contribution in [0.25, 0.3) is 0 Å². The van der Waals surface area contributed by atoms with E-state index in [1.54, 1.807) is 20.3 Å². The van der Waals surface area contributed by atoms with Crippen molar-refractivity contribution in [1.82, 2.24) is 4.90 Å². The maximum Gasteiger partial charge on any atom is 0.160 e. The van der Waals surface area contributed by atoms with Crippen LogP contribution in [0.1, 0.15) is 17.9 Å². The monoisotopic (exact) mass is 280 g/mol. The van der Waals surface area contributed by atoms with Crippen LogP contribution in [0.2, 0.25) is 0 Å². The number of ether oxygens (including phenoxy) is 2. The fourth-order valence-electron chi connectivity index (χ4n) is 2.57. The highest BCUT2D eigenvalue weighted by molar-refractivity contribution is 5.62. The van der Waals surface area contributed by atoms with Crippen molar-refractivity contribution in [1.29, 1.82) is 0 Å². The highest BCUT2D eigenvalue weighted by Crippen LogP contribution is 2.34. The van der Waals surface area contributed by atoms with Crippen molar-refractivity contribution in [3.63, 3.8) is 0 Å². The Labute approximate surface area is 117 Å². The van der Waals surface area contributed by atoms with Crippen molar-refractivity contribution < 1.29 is 24.5 Å². The predicted molar refractivity (Wildman–Crippen MR) is 69.9 cm³/mol. The molecule has 0 aliphatic carbocycles. The Morgan fingerprint density at radius 3 is 2.60 bits per heavy atom. The Morgan fingerprint density at radius 1 is 1.35 bits per heavy atom. The highest BCUT2D eigenvalue weighted by atomic mass is 16.5. The summed E-state index contributed by atoms with van der Waals surface area (Å²) in [5.74, 6) is 1.10. The third-order valence-electron chi connectivity index (χ3n) is 3.68. The second kappa shape index (κ2) is 6.00. The maximum absolute atomic E-state index is 10.8. The van der Waals surface area contributed by atoms with Gasteiger partial charge in [0, 0.05) is 19.0 Å². The summed E-state index contributed by atoms with van der Waals surface area (Å²) >= 11 is 0. The number of rotatable bonds is 3. The van der Waals surface area contributed by atoms with Gasteiger partial charge >= 0.3 is 0 Å². The van der Waals surface area contributed by atoms with Gasteiger partial charge in [-0.05, 0) is 24.1 Å². The number of carbonyl (C=O) groups is 1. The summed E-state index contributed by atoms with van der Waals surface area (Å²) in [6, 6.07) is 5.47. The number of hydrogen-bond donors (Lipinski definition) is 1. The number of benzene rings is 1. The van der Waals surface area contributed by atoms with E-state index >= 15 is 0 Å². The van der Waals surface area contributed by atoms with Gasteiger partial charge in [-0.25, -0.2) is 0 Å². The Kier molecular flexibility index (Phi) is 4.34. The molecule has 1 aliphatic heterocycles. The average Bonchev–Trinajstić information content (AvgIpc) is 2.46. The molecule has 1 heterocycles. The fraction of sp³-hybridized carbons (Fsp3) is 0.500. The molecule has 1 aromatic carbocycles. The van der Waals surface area contributed by atoms with Crippen LogP contribution in [-0.2, 0) is 0 Å². The number of aliphatic hydroxyl groups excluding tert-OH is 1. The molecule has 2 unspecified atom stereocenters. The molecule has 0 aromatic heterocycles. The van der Waals surface area contributed by atoms with Gasteiger partial charge in [-0.3, -0.25) is 0 Å². The summed E-state index contributed by atoms with van der Waals surface area (Å²) in [6.45, 7) is 0.430. The first-order chi connectivity index (χ1) is 9.56. The number of carboxylic acid groups (broad SMARTS) is 1. The Bertz CT molecular complexity index is 490. The lowest BCUT2D eigenvalue weighted by Crippen LogP contribution is -2.50. The first-order valence-electron chi connectivity index (χ1n) is 6.42. The largest absolute Gasteiger partial charge is 0.530 e. The van der Waals surface area contributed by atoms with Gasteiger partial charge in [-0.15, -0.1) is 0 Å². The van der Waals surface area contributed by atoms with Gasteiger partial charge in [0.1, 0.15) is 6.09 Å². The van der Waals surface area contributed by atoms with Gasteiger partial charge in [0.25, 0.3) is 0 Å². The van der Waals surface area contributed by atoms with E-state index in [0.717, 1.165) is 10.5 Å². The molecule has 20 heavy (non-hydrogen) atoms. The molecule has 0 radical (unpaired) electrons. The van der Waals surface area contributed by atoms with Crippen molar-refractivity contribution in [3.8, 4) is 11.5 Å². The first-order valence-corrected chi connectivity index (χ1v) is 6.42. The van der Waals surface area contributed by atoms with E-state index < -0.39 is 12.2 Å². The lowest BCUT2D eigenvalue weighted by molar-refractivity contribution is -0.268. The van der Waals surface area contributed by atoms with E-state index in [0.29, 0.717) is 24.5 Å². The normalized spacial score (nSPS) is 22.4. The summed E-state index contributed by atoms with van der Waals surface area (Å²) in [7, 11) is 3.11. The van der Waals surface area contributed by atoms with Crippen LogP contribution in [-0.4, -0.2) is 49.5 Å². The van der Waals surface area contributed by atoms with Gasteiger partial charge in [-0.2, -0.15) is 0 Å². The molecule has 2 rings (SSSR count). The van der Waals surface area contributed by atoms with Crippen LogP contribution < -0.4 is 14.6 Å². The summed E-state index contributed by atoms with van der Waals surface area (Å²) in [6.07, 6.45) is -1.44. The summed E-state index contributed by atoms with van der Waals surface area (Å²) in [5.41, 5.74) is 0.910. The molecule has 1 N–H and O–H groups in total. The molecule has 0 bridgehead atoms. The molecule has 1 amide bonds. The van der Waals surface area contributed by atoms with Crippen LogP contribution in [0, 0.1) is 0 Å². The van der Waals surface area contributed by atoms with Crippen LogP contribution >= 0.6 is 0 Å². The topological polar surface area (TPSA) is 82.1 Å². The van der Waals surface area contributed by atoms with E-state index in [1.807, 2.05) is 12.1 Å². The third-order valence-corrected chi connectivity index (χ3v) is 3.68. The van der Waals surface area contributed by atoms with E-state index in [1.165, 1.54) is 0 Å². The number of aliphatic hydroxyl groups is 1. The van der Waals surface area contributed by atoms with Crippen LogP contribution in [0.5, 0.6) is 11.5 Å². The molecular formula is C14H18NO5-. The zero-order chi connectivity index (χ0) is 14.7. The van der Waals surface area contributed by atoms with Crippen molar-refractivity contribution in [2.45, 2.75) is 18.4 Å². The Balaban J connectivity index is 2.18. The van der Waals surface area contributed by atoms with Crippen LogP contribution in [0.3, 0.4) is 0 Å². The summed E-state index contributed by atoms with van der Waals surface area (Å²) in [4.78, 5) is 11.9. The zero-order valence-electron chi connectivity index (χ0n) is 11.5. The van der Waals surface area contributed by atoms with Crippen molar-refractivity contribution in [2.24, 2.45) is 0 Å². The van der Waals surface area contributed by atoms with Gasteiger partial charge in [0.05, 0.1) is 20.3 Å². The second-order valence-electron chi connectivity index (χ2n) is 4.79. The number of methoxy groups -OCH3 is 2. The number of carbonyl (C=O) groups excluding carboxylic acids is 1. The van der Waals surface area contributed by atoms with Crippen molar-refractivity contribution in [3.05, 3.63) is 23.8 Å². The minimum Gasteiger partial charge on any atom is -0.530 e. The van der Waals surface area contributed by atoms with Gasteiger partial charge in [-0.1, -0.05) is 6.07 Å². The molecule has 2 atom stereocenters. The average molecular weight is 280 g/mol. The number of hydrogen-bond acceptors (Lipinski definition) is 5. The van der Waals surface area contributed by atoms with Crippen LogP contribution in [0.15, 0.2) is 18.2 Å². The van der Waals surface area contributed by atoms with Gasteiger partial charge in [0.2, 0.25) is 0 Å². The van der Waals surface area contributed by atoms with E-state index in [2.05, 4.69) is 0 Å². The number of β-amino-alcohol motifs (C(OH)–C–C–N with tert-alkyl or cyclic N) is 1. The maximum atomic E-state index is 10.8. The van der Waals surface area contributed by atoms with E-state index in [-0.39, 0.29) is 12.5 Å². The predicted octanol–water partition coefficient (Wildman–Crippen LogP) is 0.197.